The van der Waals surface area contributed by atoms with Gasteiger partial charge < -0.3 is 15.0 Å². The molecule has 0 aromatic heterocycles. The lowest BCUT2D eigenvalue weighted by molar-refractivity contribution is -0.132. The normalized spacial score (nSPS) is 22.7. The molecule has 1 rings (SSSR count). The lowest BCUT2D eigenvalue weighted by Crippen LogP contribution is -2.40. The van der Waals surface area contributed by atoms with Crippen LogP contribution in [0.5, 0.6) is 0 Å². The van der Waals surface area contributed by atoms with Crippen LogP contribution in [0.1, 0.15) is 26.7 Å². The summed E-state index contributed by atoms with van der Waals surface area (Å²) >= 11 is 0. The summed E-state index contributed by atoms with van der Waals surface area (Å²) in [6, 6.07) is 0.540. The number of nitrogens with one attached hydrogen (secondary N) is 1. The summed E-state index contributed by atoms with van der Waals surface area (Å²) in [5.41, 5.74) is 0. The molecule has 0 aromatic carbocycles. The van der Waals surface area contributed by atoms with Crippen LogP contribution in [0.4, 0.5) is 0 Å². The quantitative estimate of drug-likeness (QED) is 0.729. The molecule has 1 fully saturated rings. The molecule has 4 nitrogen and oxygen atoms in total. The molecular formula is C11H22N2O2. The second-order valence-electron chi connectivity index (χ2n) is 4.18. The van der Waals surface area contributed by atoms with Crippen molar-refractivity contribution in [2.24, 2.45) is 0 Å². The fourth-order valence-corrected chi connectivity index (χ4v) is 1.86. The lowest BCUT2D eigenvalue weighted by Gasteiger charge is -2.24. The zero-order valence-corrected chi connectivity index (χ0v) is 9.95. The van der Waals surface area contributed by atoms with Crippen molar-refractivity contribution in [3.05, 3.63) is 0 Å². The first-order valence-corrected chi connectivity index (χ1v) is 5.72. The molecule has 1 aliphatic heterocycles. The standard InChI is InChI=1S/C11H22N2O2/c1-4-12-9(2)7-11(14)13(3)10-5-6-15-8-10/h9-10,12H,4-8H2,1-3H3. The zero-order valence-electron chi connectivity index (χ0n) is 9.95. The number of hydrogen-bond donors (Lipinski definition) is 1. The van der Waals surface area contributed by atoms with Gasteiger partial charge in [0.2, 0.25) is 5.91 Å². The highest BCUT2D eigenvalue weighted by atomic mass is 16.5. The van der Waals surface area contributed by atoms with E-state index in [1.807, 2.05) is 18.9 Å². The van der Waals surface area contributed by atoms with Crippen LogP contribution in [0, 0.1) is 0 Å². The minimum absolute atomic E-state index is 0.207. The van der Waals surface area contributed by atoms with Crippen molar-refractivity contribution >= 4 is 5.91 Å². The minimum atomic E-state index is 0.207. The first-order chi connectivity index (χ1) is 7.15. The van der Waals surface area contributed by atoms with Gasteiger partial charge in [0.15, 0.2) is 0 Å². The number of nitrogens with zero attached hydrogens (tertiary/aromatic N) is 1. The maximum atomic E-state index is 11.8. The maximum Gasteiger partial charge on any atom is 0.224 e. The highest BCUT2D eigenvalue weighted by Gasteiger charge is 2.24. The van der Waals surface area contributed by atoms with Crippen LogP contribution in [-0.2, 0) is 9.53 Å². The fraction of sp³-hybridized carbons (Fsp3) is 0.909. The van der Waals surface area contributed by atoms with Crippen LogP contribution in [0.3, 0.4) is 0 Å². The summed E-state index contributed by atoms with van der Waals surface area (Å²) in [5.74, 6) is 0.207. The summed E-state index contributed by atoms with van der Waals surface area (Å²) in [4.78, 5) is 13.7. The number of rotatable bonds is 5. The molecule has 0 spiro atoms. The molecule has 15 heavy (non-hydrogen) atoms. The van der Waals surface area contributed by atoms with E-state index in [1.165, 1.54) is 0 Å². The van der Waals surface area contributed by atoms with Gasteiger partial charge in [0.25, 0.3) is 0 Å². The molecule has 0 saturated carbocycles. The Labute approximate surface area is 92.0 Å². The van der Waals surface area contributed by atoms with Crippen molar-refractivity contribution in [1.82, 2.24) is 10.2 Å². The molecule has 1 saturated heterocycles. The van der Waals surface area contributed by atoms with Crippen molar-refractivity contribution in [3.63, 3.8) is 0 Å². The summed E-state index contributed by atoms with van der Waals surface area (Å²) in [7, 11) is 1.88. The van der Waals surface area contributed by atoms with E-state index in [0.29, 0.717) is 13.0 Å². The number of carbonyl (C=O) groups excluding carboxylic acids is 1. The summed E-state index contributed by atoms with van der Waals surface area (Å²) in [5, 5.41) is 3.24. The fourth-order valence-electron chi connectivity index (χ4n) is 1.86. The molecule has 0 bridgehead atoms. The molecule has 0 aliphatic carbocycles. The van der Waals surface area contributed by atoms with E-state index in [-0.39, 0.29) is 18.0 Å². The predicted molar refractivity (Wildman–Crippen MR) is 59.7 cm³/mol. The second kappa shape index (κ2) is 6.08. The third kappa shape index (κ3) is 3.80. The van der Waals surface area contributed by atoms with Crippen LogP contribution >= 0.6 is 0 Å². The highest BCUT2D eigenvalue weighted by Crippen LogP contribution is 2.12. The number of hydrogen-bond acceptors (Lipinski definition) is 3. The molecule has 88 valence electrons. The van der Waals surface area contributed by atoms with Crippen molar-refractivity contribution in [2.75, 3.05) is 26.8 Å². The van der Waals surface area contributed by atoms with Gasteiger partial charge in [-0.25, -0.2) is 0 Å². The first-order valence-electron chi connectivity index (χ1n) is 5.72. The second-order valence-corrected chi connectivity index (χ2v) is 4.18. The van der Waals surface area contributed by atoms with Gasteiger partial charge >= 0.3 is 0 Å². The molecule has 1 amide bonds. The largest absolute Gasteiger partial charge is 0.379 e. The molecule has 0 radical (unpaired) electrons. The monoisotopic (exact) mass is 214 g/mol. The van der Waals surface area contributed by atoms with Gasteiger partial charge in [-0.05, 0) is 19.9 Å². The van der Waals surface area contributed by atoms with Crippen molar-refractivity contribution < 1.29 is 9.53 Å². The van der Waals surface area contributed by atoms with Gasteiger partial charge in [-0.3, -0.25) is 4.79 Å². The average Bonchev–Trinajstić information content (AvgIpc) is 2.69. The Morgan fingerprint density at radius 2 is 2.40 bits per heavy atom. The molecule has 4 heteroatoms. The Hall–Kier alpha value is -0.610. The van der Waals surface area contributed by atoms with Gasteiger partial charge in [-0.1, -0.05) is 6.92 Å². The van der Waals surface area contributed by atoms with Crippen LogP contribution < -0.4 is 5.32 Å². The molecule has 1 heterocycles. The predicted octanol–water partition coefficient (Wildman–Crippen LogP) is 0.622. The van der Waals surface area contributed by atoms with E-state index in [0.717, 1.165) is 19.6 Å². The Morgan fingerprint density at radius 3 is 2.93 bits per heavy atom. The maximum absolute atomic E-state index is 11.8. The average molecular weight is 214 g/mol. The van der Waals surface area contributed by atoms with E-state index in [2.05, 4.69) is 12.2 Å². The molecule has 1 aliphatic rings. The van der Waals surface area contributed by atoms with Crippen LogP contribution in [-0.4, -0.2) is 49.7 Å². The van der Waals surface area contributed by atoms with Crippen LogP contribution in [0.25, 0.3) is 0 Å². The van der Waals surface area contributed by atoms with E-state index in [4.69, 9.17) is 4.74 Å². The minimum Gasteiger partial charge on any atom is -0.379 e. The number of likely N-dealkylation sites (N-methyl/N-ethyl adjacent to an activating group) is 1. The van der Waals surface area contributed by atoms with E-state index in [9.17, 15) is 4.79 Å². The van der Waals surface area contributed by atoms with Gasteiger partial charge in [0.05, 0.1) is 12.6 Å². The number of carbonyl (C=O) groups is 1. The third-order valence-corrected chi connectivity index (χ3v) is 2.88. The third-order valence-electron chi connectivity index (χ3n) is 2.88. The Kier molecular flexibility index (Phi) is 5.05. The van der Waals surface area contributed by atoms with Gasteiger partial charge in [0, 0.05) is 26.1 Å². The lowest BCUT2D eigenvalue weighted by atomic mass is 10.1. The molecule has 2 atom stereocenters. The zero-order chi connectivity index (χ0) is 11.3. The SMILES string of the molecule is CCNC(C)CC(=O)N(C)C1CCOC1. The summed E-state index contributed by atoms with van der Waals surface area (Å²) < 4.78 is 5.27. The Morgan fingerprint density at radius 1 is 1.67 bits per heavy atom. The molecular weight excluding hydrogens is 192 g/mol. The van der Waals surface area contributed by atoms with E-state index >= 15 is 0 Å². The Balaban J connectivity index is 2.31. The molecule has 1 N–H and O–H groups in total. The number of ether oxygens (including phenoxy) is 1. The number of amides is 1. The molecule has 0 aromatic rings. The highest BCUT2D eigenvalue weighted by molar-refractivity contribution is 5.76. The van der Waals surface area contributed by atoms with Crippen molar-refractivity contribution in [2.45, 2.75) is 38.8 Å². The smallest absolute Gasteiger partial charge is 0.224 e. The van der Waals surface area contributed by atoms with Crippen molar-refractivity contribution in [1.29, 1.82) is 0 Å². The first kappa shape index (κ1) is 12.5. The topological polar surface area (TPSA) is 41.6 Å². The van der Waals surface area contributed by atoms with Gasteiger partial charge in [-0.15, -0.1) is 0 Å². The van der Waals surface area contributed by atoms with Crippen LogP contribution in [0.15, 0.2) is 0 Å². The van der Waals surface area contributed by atoms with Gasteiger partial charge in [-0.2, -0.15) is 0 Å². The molecule has 2 unspecified atom stereocenters. The van der Waals surface area contributed by atoms with E-state index < -0.39 is 0 Å². The summed E-state index contributed by atoms with van der Waals surface area (Å²) in [6.45, 7) is 6.48. The summed E-state index contributed by atoms with van der Waals surface area (Å²) in [6.07, 6.45) is 1.54. The Bertz CT molecular complexity index is 203. The van der Waals surface area contributed by atoms with E-state index in [1.54, 1.807) is 0 Å². The van der Waals surface area contributed by atoms with Crippen LogP contribution in [0.2, 0.25) is 0 Å². The van der Waals surface area contributed by atoms with Gasteiger partial charge in [0.1, 0.15) is 0 Å². The van der Waals surface area contributed by atoms with Crippen molar-refractivity contribution in [3.8, 4) is 0 Å².